The van der Waals surface area contributed by atoms with Gasteiger partial charge in [0, 0.05) is 31.9 Å². The van der Waals surface area contributed by atoms with E-state index in [0.717, 1.165) is 29.4 Å². The monoisotopic (exact) mass is 360 g/mol. The molecule has 1 aliphatic heterocycles. The van der Waals surface area contributed by atoms with Gasteiger partial charge in [0.05, 0.1) is 7.11 Å². The number of aryl methyl sites for hydroxylation is 2. The van der Waals surface area contributed by atoms with Crippen LogP contribution < -0.4 is 16.0 Å². The second-order valence-electron chi connectivity index (χ2n) is 6.54. The number of pyridine rings is 1. The van der Waals surface area contributed by atoms with Crippen LogP contribution in [0.4, 0.5) is 0 Å². The molecule has 1 saturated heterocycles. The van der Waals surface area contributed by atoms with E-state index in [-0.39, 0.29) is 23.5 Å². The Morgan fingerprint density at radius 1 is 1.23 bits per heavy atom. The van der Waals surface area contributed by atoms with Crippen LogP contribution in [0.15, 0.2) is 15.8 Å². The first-order valence-corrected chi connectivity index (χ1v) is 8.92. The fourth-order valence-electron chi connectivity index (χ4n) is 3.47. The highest BCUT2D eigenvalue weighted by molar-refractivity contribution is 5.83. The van der Waals surface area contributed by atoms with Gasteiger partial charge in [0.25, 0.3) is 5.56 Å². The first-order chi connectivity index (χ1) is 12.5. The van der Waals surface area contributed by atoms with Gasteiger partial charge in [-0.05, 0) is 25.7 Å². The number of carbonyl (C=O) groups is 1. The van der Waals surface area contributed by atoms with Crippen LogP contribution in [0.3, 0.4) is 0 Å². The van der Waals surface area contributed by atoms with Gasteiger partial charge in [0.1, 0.15) is 17.7 Å². The van der Waals surface area contributed by atoms with Crippen LogP contribution in [0.1, 0.15) is 31.7 Å². The van der Waals surface area contributed by atoms with Gasteiger partial charge in [-0.1, -0.05) is 6.92 Å². The molecule has 26 heavy (non-hydrogen) atoms. The zero-order valence-corrected chi connectivity index (χ0v) is 15.4. The minimum atomic E-state index is -0.549. The lowest BCUT2D eigenvalue weighted by molar-refractivity contribution is -0.132. The molecule has 0 aliphatic carbocycles. The summed E-state index contributed by atoms with van der Waals surface area (Å²) >= 11 is 0. The highest BCUT2D eigenvalue weighted by atomic mass is 16.5. The Balaban J connectivity index is 2.15. The molecule has 8 nitrogen and oxygen atoms in total. The van der Waals surface area contributed by atoms with E-state index in [9.17, 15) is 14.4 Å². The molecule has 1 fully saturated rings. The average Bonchev–Trinajstić information content (AvgIpc) is 2.68. The Labute approximate surface area is 151 Å². The van der Waals surface area contributed by atoms with Crippen LogP contribution in [0.5, 0.6) is 5.75 Å². The van der Waals surface area contributed by atoms with E-state index in [1.54, 1.807) is 18.1 Å². The number of likely N-dealkylation sites (tertiary alicyclic amines) is 1. The topological polar surface area (TPSA) is 86.4 Å². The lowest BCUT2D eigenvalue weighted by atomic mass is 10.1. The summed E-state index contributed by atoms with van der Waals surface area (Å²) in [7, 11) is 3.03. The standard InChI is InChI=1S/C18H24N4O4/c1-4-12-10-19-16-14(15(12)26-3)17(24)22(18(25)20(16)2)11-13(23)21-8-6-5-7-9-21/h10H,4-9,11H2,1-3H3. The van der Waals surface area contributed by atoms with Crippen molar-refractivity contribution in [2.45, 2.75) is 39.2 Å². The normalized spacial score (nSPS) is 14.7. The van der Waals surface area contributed by atoms with Crippen LogP contribution in [0.2, 0.25) is 0 Å². The van der Waals surface area contributed by atoms with Crippen LogP contribution in [0.25, 0.3) is 11.0 Å². The van der Waals surface area contributed by atoms with Crippen molar-refractivity contribution in [2.24, 2.45) is 7.05 Å². The molecule has 1 amide bonds. The van der Waals surface area contributed by atoms with Crippen LogP contribution in [0, 0.1) is 0 Å². The van der Waals surface area contributed by atoms with Crippen LogP contribution in [-0.4, -0.2) is 45.1 Å². The summed E-state index contributed by atoms with van der Waals surface area (Å²) in [5.41, 5.74) is -0.0415. The van der Waals surface area contributed by atoms with Gasteiger partial charge in [-0.25, -0.2) is 14.3 Å². The van der Waals surface area contributed by atoms with Crippen molar-refractivity contribution >= 4 is 16.9 Å². The number of carbonyl (C=O) groups excluding carboxylic acids is 1. The molecule has 1 aliphatic rings. The molecule has 3 heterocycles. The first-order valence-electron chi connectivity index (χ1n) is 8.92. The van der Waals surface area contributed by atoms with Gasteiger partial charge in [0.15, 0.2) is 5.65 Å². The van der Waals surface area contributed by atoms with Gasteiger partial charge < -0.3 is 9.64 Å². The molecule has 0 saturated carbocycles. The molecule has 140 valence electrons. The number of piperidine rings is 1. The quantitative estimate of drug-likeness (QED) is 0.800. The van der Waals surface area contributed by atoms with E-state index < -0.39 is 11.2 Å². The molecule has 2 aromatic heterocycles. The van der Waals surface area contributed by atoms with Crippen molar-refractivity contribution < 1.29 is 9.53 Å². The van der Waals surface area contributed by atoms with E-state index in [1.165, 1.54) is 11.7 Å². The number of amides is 1. The van der Waals surface area contributed by atoms with Gasteiger partial charge in [-0.2, -0.15) is 0 Å². The second kappa shape index (κ2) is 7.31. The van der Waals surface area contributed by atoms with Gasteiger partial charge >= 0.3 is 5.69 Å². The van der Waals surface area contributed by atoms with Crippen molar-refractivity contribution in [2.75, 3.05) is 20.2 Å². The fraction of sp³-hybridized carbons (Fsp3) is 0.556. The zero-order valence-electron chi connectivity index (χ0n) is 15.4. The predicted octanol–water partition coefficient (Wildman–Crippen LogP) is 0.679. The number of hydrogen-bond donors (Lipinski definition) is 0. The summed E-state index contributed by atoms with van der Waals surface area (Å²) in [4.78, 5) is 44.2. The molecule has 0 radical (unpaired) electrons. The van der Waals surface area contributed by atoms with Crippen molar-refractivity contribution in [1.29, 1.82) is 0 Å². The molecule has 0 atom stereocenters. The lowest BCUT2D eigenvalue weighted by Crippen LogP contribution is -2.45. The summed E-state index contributed by atoms with van der Waals surface area (Å²) in [6.45, 7) is 3.02. The van der Waals surface area contributed by atoms with Crippen molar-refractivity contribution in [3.8, 4) is 5.75 Å². The van der Waals surface area contributed by atoms with Crippen molar-refractivity contribution in [3.05, 3.63) is 32.6 Å². The Bertz CT molecular complexity index is 954. The van der Waals surface area contributed by atoms with Crippen LogP contribution in [-0.2, 0) is 24.8 Å². The SMILES string of the molecule is CCc1cnc2c(c1OC)c(=O)n(CC(=O)N1CCCCC1)c(=O)n2C. The van der Waals surface area contributed by atoms with Gasteiger partial charge in [0.2, 0.25) is 5.91 Å². The summed E-state index contributed by atoms with van der Waals surface area (Å²) in [6, 6.07) is 0. The second-order valence-corrected chi connectivity index (χ2v) is 6.54. The van der Waals surface area contributed by atoms with Crippen molar-refractivity contribution in [3.63, 3.8) is 0 Å². The summed E-state index contributed by atoms with van der Waals surface area (Å²) in [5.74, 6) is 0.207. The largest absolute Gasteiger partial charge is 0.495 e. The minimum absolute atomic E-state index is 0.207. The fourth-order valence-corrected chi connectivity index (χ4v) is 3.47. The van der Waals surface area contributed by atoms with Crippen molar-refractivity contribution in [1.82, 2.24) is 19.0 Å². The third-order valence-corrected chi connectivity index (χ3v) is 4.97. The van der Waals surface area contributed by atoms with E-state index in [4.69, 9.17) is 4.74 Å². The van der Waals surface area contributed by atoms with E-state index in [1.807, 2.05) is 6.92 Å². The maximum absolute atomic E-state index is 13.0. The molecular weight excluding hydrogens is 336 g/mol. The Hall–Kier alpha value is -2.64. The highest BCUT2D eigenvalue weighted by Crippen LogP contribution is 2.25. The van der Waals surface area contributed by atoms with E-state index in [2.05, 4.69) is 4.98 Å². The molecule has 0 spiro atoms. The zero-order chi connectivity index (χ0) is 18.8. The number of nitrogens with zero attached hydrogens (tertiary/aromatic N) is 4. The molecule has 0 N–H and O–H groups in total. The lowest BCUT2D eigenvalue weighted by Gasteiger charge is -2.27. The molecule has 0 aromatic carbocycles. The third kappa shape index (κ3) is 3.00. The Morgan fingerprint density at radius 2 is 1.92 bits per heavy atom. The molecule has 3 rings (SSSR count). The minimum Gasteiger partial charge on any atom is -0.495 e. The number of rotatable bonds is 4. The first kappa shape index (κ1) is 18.2. The molecule has 8 heteroatoms. The molecular formula is C18H24N4O4. The maximum atomic E-state index is 13.0. The Kier molecular flexibility index (Phi) is 5.11. The molecule has 0 unspecified atom stereocenters. The highest BCUT2D eigenvalue weighted by Gasteiger charge is 2.22. The third-order valence-electron chi connectivity index (χ3n) is 4.97. The summed E-state index contributed by atoms with van der Waals surface area (Å²) in [5, 5.41) is 0.236. The maximum Gasteiger partial charge on any atom is 0.332 e. The molecule has 2 aromatic rings. The van der Waals surface area contributed by atoms with Gasteiger partial charge in [-0.15, -0.1) is 0 Å². The molecule has 0 bridgehead atoms. The van der Waals surface area contributed by atoms with Gasteiger partial charge in [-0.3, -0.25) is 14.2 Å². The number of fused-ring (bicyclic) bond motifs is 1. The number of ether oxygens (including phenoxy) is 1. The van der Waals surface area contributed by atoms with E-state index >= 15 is 0 Å². The summed E-state index contributed by atoms with van der Waals surface area (Å²) in [6.07, 6.45) is 5.26. The summed E-state index contributed by atoms with van der Waals surface area (Å²) < 4.78 is 7.72. The average molecular weight is 360 g/mol. The Morgan fingerprint density at radius 3 is 2.54 bits per heavy atom. The number of methoxy groups -OCH3 is 1. The predicted molar refractivity (Wildman–Crippen MR) is 97.6 cm³/mol. The van der Waals surface area contributed by atoms with E-state index in [0.29, 0.717) is 25.3 Å². The number of hydrogen-bond acceptors (Lipinski definition) is 5. The van der Waals surface area contributed by atoms with Crippen LogP contribution >= 0.6 is 0 Å². The smallest absolute Gasteiger partial charge is 0.332 e. The number of aromatic nitrogens is 3.